The van der Waals surface area contributed by atoms with Gasteiger partial charge in [-0.3, -0.25) is 14.9 Å². The Labute approximate surface area is 152 Å². The van der Waals surface area contributed by atoms with Gasteiger partial charge in [0.25, 0.3) is 5.69 Å². The quantitative estimate of drug-likeness (QED) is 0.392. The fourth-order valence-corrected chi connectivity index (χ4v) is 3.01. The summed E-state index contributed by atoms with van der Waals surface area (Å²) in [6, 6.07) is 4.42. The van der Waals surface area contributed by atoms with Gasteiger partial charge in [-0.25, -0.2) is 4.79 Å². The SMILES string of the molecule is Cc1ccc([N+](=O)[O-])cc1NC(=O)CCCNC(=O)NC1CCCCC1. The molecule has 142 valence electrons. The monoisotopic (exact) mass is 362 g/mol. The molecule has 3 N–H and O–H groups in total. The number of carbonyl (C=O) groups is 2. The highest BCUT2D eigenvalue weighted by molar-refractivity contribution is 5.91. The molecule has 8 heteroatoms. The van der Waals surface area contributed by atoms with Crippen LogP contribution in [0.25, 0.3) is 0 Å². The molecule has 0 aliphatic heterocycles. The summed E-state index contributed by atoms with van der Waals surface area (Å²) in [6.07, 6.45) is 6.32. The van der Waals surface area contributed by atoms with Crippen LogP contribution in [0.4, 0.5) is 16.2 Å². The van der Waals surface area contributed by atoms with Crippen LogP contribution in [0, 0.1) is 17.0 Å². The molecule has 1 aliphatic carbocycles. The van der Waals surface area contributed by atoms with Gasteiger partial charge in [-0.05, 0) is 31.7 Å². The Bertz CT molecular complexity index is 657. The molecule has 1 aromatic carbocycles. The van der Waals surface area contributed by atoms with E-state index in [9.17, 15) is 19.7 Å². The van der Waals surface area contributed by atoms with Crippen molar-refractivity contribution in [3.8, 4) is 0 Å². The zero-order chi connectivity index (χ0) is 18.9. The molecule has 0 radical (unpaired) electrons. The largest absolute Gasteiger partial charge is 0.338 e. The molecule has 0 spiro atoms. The molecular weight excluding hydrogens is 336 g/mol. The summed E-state index contributed by atoms with van der Waals surface area (Å²) in [7, 11) is 0. The van der Waals surface area contributed by atoms with Gasteiger partial charge in [0.2, 0.25) is 5.91 Å². The number of nitro groups is 1. The molecule has 3 amide bonds. The maximum absolute atomic E-state index is 12.0. The maximum Gasteiger partial charge on any atom is 0.315 e. The van der Waals surface area contributed by atoms with Crippen molar-refractivity contribution in [2.45, 2.75) is 57.9 Å². The van der Waals surface area contributed by atoms with E-state index in [0.29, 0.717) is 18.7 Å². The summed E-state index contributed by atoms with van der Waals surface area (Å²) in [5, 5.41) is 19.2. The van der Waals surface area contributed by atoms with Crippen molar-refractivity contribution in [3.63, 3.8) is 0 Å². The van der Waals surface area contributed by atoms with Crippen molar-refractivity contribution in [2.75, 3.05) is 11.9 Å². The van der Waals surface area contributed by atoms with E-state index in [1.165, 1.54) is 18.6 Å². The van der Waals surface area contributed by atoms with Gasteiger partial charge in [0, 0.05) is 31.1 Å². The number of amides is 3. The minimum Gasteiger partial charge on any atom is -0.338 e. The maximum atomic E-state index is 12.0. The molecule has 26 heavy (non-hydrogen) atoms. The highest BCUT2D eigenvalue weighted by Gasteiger charge is 2.15. The highest BCUT2D eigenvalue weighted by atomic mass is 16.6. The molecule has 1 saturated carbocycles. The average molecular weight is 362 g/mol. The Balaban J connectivity index is 1.68. The number of nitrogens with zero attached hydrogens (tertiary/aromatic N) is 1. The number of urea groups is 1. The van der Waals surface area contributed by atoms with E-state index in [0.717, 1.165) is 31.2 Å². The molecule has 0 aromatic heterocycles. The Kier molecular flexibility index (Phi) is 7.37. The van der Waals surface area contributed by atoms with Gasteiger partial charge in [-0.1, -0.05) is 25.3 Å². The molecule has 0 saturated heterocycles. The van der Waals surface area contributed by atoms with Crippen molar-refractivity contribution in [2.24, 2.45) is 0 Å². The van der Waals surface area contributed by atoms with Gasteiger partial charge in [0.15, 0.2) is 0 Å². The van der Waals surface area contributed by atoms with Crippen LogP contribution in [0.15, 0.2) is 18.2 Å². The first-order valence-corrected chi connectivity index (χ1v) is 9.05. The zero-order valence-electron chi connectivity index (χ0n) is 15.0. The first-order valence-electron chi connectivity index (χ1n) is 9.05. The molecule has 1 aromatic rings. The van der Waals surface area contributed by atoms with E-state index >= 15 is 0 Å². The van der Waals surface area contributed by atoms with Crippen molar-refractivity contribution in [3.05, 3.63) is 33.9 Å². The van der Waals surface area contributed by atoms with E-state index < -0.39 is 4.92 Å². The molecule has 0 heterocycles. The number of carbonyl (C=O) groups excluding carboxylic acids is 2. The number of anilines is 1. The Hall–Kier alpha value is -2.64. The number of hydrogen-bond acceptors (Lipinski definition) is 4. The van der Waals surface area contributed by atoms with E-state index in [-0.39, 0.29) is 30.1 Å². The predicted octanol–water partition coefficient (Wildman–Crippen LogP) is 3.25. The zero-order valence-corrected chi connectivity index (χ0v) is 15.0. The summed E-state index contributed by atoms with van der Waals surface area (Å²) in [5.41, 5.74) is 1.13. The average Bonchev–Trinajstić information content (AvgIpc) is 2.61. The lowest BCUT2D eigenvalue weighted by Gasteiger charge is -2.22. The highest BCUT2D eigenvalue weighted by Crippen LogP contribution is 2.22. The van der Waals surface area contributed by atoms with Crippen LogP contribution in [0.2, 0.25) is 0 Å². The molecule has 8 nitrogen and oxygen atoms in total. The molecular formula is C18H26N4O4. The Morgan fingerprint density at radius 2 is 1.96 bits per heavy atom. The first kappa shape index (κ1) is 19.7. The summed E-state index contributed by atoms with van der Waals surface area (Å²) in [5.74, 6) is -0.233. The smallest absolute Gasteiger partial charge is 0.315 e. The molecule has 0 unspecified atom stereocenters. The van der Waals surface area contributed by atoms with Crippen LogP contribution in [0.3, 0.4) is 0 Å². The van der Waals surface area contributed by atoms with Crippen LogP contribution in [0.5, 0.6) is 0 Å². The molecule has 1 fully saturated rings. The second-order valence-corrected chi connectivity index (χ2v) is 6.64. The second kappa shape index (κ2) is 9.74. The normalized spacial score (nSPS) is 14.5. The van der Waals surface area contributed by atoms with Crippen LogP contribution in [-0.2, 0) is 4.79 Å². The molecule has 0 bridgehead atoms. The van der Waals surface area contributed by atoms with Gasteiger partial charge in [-0.2, -0.15) is 0 Å². The van der Waals surface area contributed by atoms with Gasteiger partial charge in [0.05, 0.1) is 10.6 Å². The number of benzene rings is 1. The standard InChI is InChI=1S/C18H26N4O4/c1-13-9-10-15(22(25)26)12-16(13)21-17(23)8-5-11-19-18(24)20-14-6-3-2-4-7-14/h9-10,12,14H,2-8,11H2,1H3,(H,21,23)(H2,19,20,24). The summed E-state index contributed by atoms with van der Waals surface area (Å²) in [4.78, 5) is 34.1. The summed E-state index contributed by atoms with van der Waals surface area (Å²) in [6.45, 7) is 2.18. The minimum atomic E-state index is -0.496. The lowest BCUT2D eigenvalue weighted by molar-refractivity contribution is -0.384. The molecule has 2 rings (SSSR count). The fourth-order valence-electron chi connectivity index (χ4n) is 3.01. The lowest BCUT2D eigenvalue weighted by Crippen LogP contribution is -2.43. The summed E-state index contributed by atoms with van der Waals surface area (Å²) < 4.78 is 0. The second-order valence-electron chi connectivity index (χ2n) is 6.64. The lowest BCUT2D eigenvalue weighted by atomic mass is 9.96. The van der Waals surface area contributed by atoms with Gasteiger partial charge in [-0.15, -0.1) is 0 Å². The number of nitro benzene ring substituents is 1. The molecule has 0 atom stereocenters. The van der Waals surface area contributed by atoms with E-state index in [1.807, 2.05) is 0 Å². The number of aryl methyl sites for hydroxylation is 1. The van der Waals surface area contributed by atoms with E-state index in [4.69, 9.17) is 0 Å². The van der Waals surface area contributed by atoms with Gasteiger partial charge < -0.3 is 16.0 Å². The predicted molar refractivity (Wildman–Crippen MR) is 99.1 cm³/mol. The number of hydrogen-bond donors (Lipinski definition) is 3. The number of nitrogens with one attached hydrogen (secondary N) is 3. The Morgan fingerprint density at radius 3 is 2.65 bits per heavy atom. The fraction of sp³-hybridized carbons (Fsp3) is 0.556. The van der Waals surface area contributed by atoms with Gasteiger partial charge >= 0.3 is 6.03 Å². The summed E-state index contributed by atoms with van der Waals surface area (Å²) >= 11 is 0. The minimum absolute atomic E-state index is 0.0630. The van der Waals surface area contributed by atoms with Crippen LogP contribution >= 0.6 is 0 Å². The topological polar surface area (TPSA) is 113 Å². The Morgan fingerprint density at radius 1 is 1.23 bits per heavy atom. The van der Waals surface area contributed by atoms with Gasteiger partial charge in [0.1, 0.15) is 0 Å². The third-order valence-corrected chi connectivity index (χ3v) is 4.51. The third-order valence-electron chi connectivity index (χ3n) is 4.51. The van der Waals surface area contributed by atoms with Crippen molar-refractivity contribution >= 4 is 23.3 Å². The van der Waals surface area contributed by atoms with Crippen molar-refractivity contribution in [1.82, 2.24) is 10.6 Å². The van der Waals surface area contributed by atoms with Crippen molar-refractivity contribution in [1.29, 1.82) is 0 Å². The molecule has 1 aliphatic rings. The van der Waals surface area contributed by atoms with Crippen LogP contribution < -0.4 is 16.0 Å². The number of rotatable bonds is 7. The number of non-ortho nitro benzene ring substituents is 1. The van der Waals surface area contributed by atoms with Crippen LogP contribution in [0.1, 0.15) is 50.5 Å². The van der Waals surface area contributed by atoms with Crippen molar-refractivity contribution < 1.29 is 14.5 Å². The first-order chi connectivity index (χ1) is 12.5. The van der Waals surface area contributed by atoms with E-state index in [1.54, 1.807) is 13.0 Å². The van der Waals surface area contributed by atoms with Crippen LogP contribution in [-0.4, -0.2) is 29.4 Å². The third kappa shape index (κ3) is 6.34. The van der Waals surface area contributed by atoms with E-state index in [2.05, 4.69) is 16.0 Å².